The lowest BCUT2D eigenvalue weighted by Crippen LogP contribution is -3.00. The van der Waals surface area contributed by atoms with E-state index in [0.717, 1.165) is 11.0 Å². The molecule has 0 aliphatic heterocycles. The zero-order valence-corrected chi connectivity index (χ0v) is 21.0. The van der Waals surface area contributed by atoms with Crippen LogP contribution in [0, 0.1) is 0 Å². The van der Waals surface area contributed by atoms with Crippen LogP contribution in [0.15, 0.2) is 48.5 Å². The van der Waals surface area contributed by atoms with E-state index in [2.05, 4.69) is 74.2 Å². The van der Waals surface area contributed by atoms with Crippen molar-refractivity contribution < 1.29 is 21.5 Å². The van der Waals surface area contributed by atoms with Crippen LogP contribution < -0.4 is 17.0 Å². The molecule has 0 atom stereocenters. The average Bonchev–Trinajstić information content (AvgIpc) is 3.02. The summed E-state index contributed by atoms with van der Waals surface area (Å²) in [5.41, 5.74) is 2.78. The van der Waals surface area contributed by atoms with Gasteiger partial charge in [-0.3, -0.25) is 0 Å². The van der Waals surface area contributed by atoms with Crippen molar-refractivity contribution in [3.05, 3.63) is 48.5 Å². The maximum Gasteiger partial charge on any atom is 0.0780 e. The van der Waals surface area contributed by atoms with E-state index in [9.17, 15) is 0 Å². The van der Waals surface area contributed by atoms with E-state index in [0.29, 0.717) is 0 Å². The first kappa shape index (κ1) is 24.9. The quantitative estimate of drug-likeness (QED) is 0.256. The number of hydrogen-bond donors (Lipinski definition) is 0. The van der Waals surface area contributed by atoms with Crippen molar-refractivity contribution >= 4 is 21.8 Å². The lowest BCUT2D eigenvalue weighted by Gasteiger charge is -2.23. The van der Waals surface area contributed by atoms with Crippen molar-refractivity contribution in [1.82, 2.24) is 4.57 Å². The third kappa shape index (κ3) is 7.42. The Balaban J connectivity index is 0.00000320. The second kappa shape index (κ2) is 12.5. The van der Waals surface area contributed by atoms with Crippen LogP contribution in [0.3, 0.4) is 0 Å². The SMILES string of the molecule is C[N+](C)(C)CCCCCCCCCCCCn1c2ccccc2c2ccccc21.[Br-]. The van der Waals surface area contributed by atoms with Gasteiger partial charge in [-0.15, -0.1) is 0 Å². The summed E-state index contributed by atoms with van der Waals surface area (Å²) in [7, 11) is 6.88. The van der Waals surface area contributed by atoms with E-state index in [1.54, 1.807) is 0 Å². The first-order valence-corrected chi connectivity index (χ1v) is 11.8. The number of fused-ring (bicyclic) bond motifs is 3. The topological polar surface area (TPSA) is 4.93 Å². The van der Waals surface area contributed by atoms with Crippen molar-refractivity contribution in [2.45, 2.75) is 70.8 Å². The third-order valence-corrected chi connectivity index (χ3v) is 6.14. The number of para-hydroxylation sites is 2. The minimum absolute atomic E-state index is 0. The maximum absolute atomic E-state index is 2.53. The third-order valence-electron chi connectivity index (χ3n) is 6.14. The van der Waals surface area contributed by atoms with Gasteiger partial charge in [0, 0.05) is 28.4 Å². The summed E-state index contributed by atoms with van der Waals surface area (Å²) in [5, 5.41) is 2.79. The Bertz CT molecular complexity index is 822. The fraction of sp³-hybridized carbons (Fsp3) is 0.556. The number of quaternary nitrogens is 1. The number of aryl methyl sites for hydroxylation is 1. The average molecular weight is 474 g/mol. The largest absolute Gasteiger partial charge is 1.00 e. The molecule has 3 rings (SSSR count). The Morgan fingerprint density at radius 2 is 0.967 bits per heavy atom. The molecular weight excluding hydrogens is 432 g/mol. The molecule has 2 aromatic carbocycles. The number of benzene rings is 2. The van der Waals surface area contributed by atoms with Gasteiger partial charge in [-0.1, -0.05) is 81.3 Å². The molecule has 0 unspecified atom stereocenters. The van der Waals surface area contributed by atoms with Crippen molar-refractivity contribution in [2.75, 3.05) is 27.7 Å². The molecule has 166 valence electrons. The van der Waals surface area contributed by atoms with Gasteiger partial charge in [-0.05, 0) is 31.4 Å². The number of unbranched alkanes of at least 4 members (excludes halogenated alkanes) is 9. The summed E-state index contributed by atoms with van der Waals surface area (Å²) in [6.45, 7) is 2.45. The predicted octanol–water partition coefficient (Wildman–Crippen LogP) is 4.41. The molecule has 1 aromatic heterocycles. The van der Waals surface area contributed by atoms with Gasteiger partial charge in [0.1, 0.15) is 0 Å². The van der Waals surface area contributed by atoms with Gasteiger partial charge < -0.3 is 26.0 Å². The van der Waals surface area contributed by atoms with Crippen LogP contribution in [0.2, 0.25) is 0 Å². The van der Waals surface area contributed by atoms with Gasteiger partial charge in [0.05, 0.1) is 27.7 Å². The Hall–Kier alpha value is -1.32. The molecule has 0 bridgehead atoms. The molecule has 0 fully saturated rings. The van der Waals surface area contributed by atoms with Gasteiger partial charge in [0.2, 0.25) is 0 Å². The van der Waals surface area contributed by atoms with Gasteiger partial charge in [-0.25, -0.2) is 0 Å². The fourth-order valence-electron chi connectivity index (χ4n) is 4.51. The van der Waals surface area contributed by atoms with E-state index in [4.69, 9.17) is 0 Å². The first-order chi connectivity index (χ1) is 14.1. The van der Waals surface area contributed by atoms with Crippen LogP contribution in [-0.4, -0.2) is 36.7 Å². The minimum Gasteiger partial charge on any atom is -1.00 e. The van der Waals surface area contributed by atoms with Crippen molar-refractivity contribution in [3.8, 4) is 0 Å². The van der Waals surface area contributed by atoms with E-state index in [-0.39, 0.29) is 17.0 Å². The van der Waals surface area contributed by atoms with E-state index in [1.807, 2.05) is 0 Å². The molecule has 0 radical (unpaired) electrons. The van der Waals surface area contributed by atoms with Gasteiger partial charge in [0.15, 0.2) is 0 Å². The van der Waals surface area contributed by atoms with Gasteiger partial charge in [0.25, 0.3) is 0 Å². The maximum atomic E-state index is 2.53. The summed E-state index contributed by atoms with van der Waals surface area (Å²) in [6.07, 6.45) is 13.9. The highest BCUT2D eigenvalue weighted by Gasteiger charge is 2.09. The molecule has 0 amide bonds. The zero-order valence-electron chi connectivity index (χ0n) is 19.4. The summed E-state index contributed by atoms with van der Waals surface area (Å²) < 4.78 is 3.63. The van der Waals surface area contributed by atoms with Crippen molar-refractivity contribution in [1.29, 1.82) is 0 Å². The molecule has 0 aliphatic carbocycles. The molecule has 0 saturated heterocycles. The number of aromatic nitrogens is 1. The standard InChI is InChI=1S/C27H41N2.BrH/c1-29(2,3)23-17-11-9-7-5-4-6-8-10-16-22-28-26-20-14-12-18-24(26)25-19-13-15-21-27(25)28;/h12-15,18-21H,4-11,16-17,22-23H2,1-3H3;1H/q+1;/p-1. The van der Waals surface area contributed by atoms with Gasteiger partial charge in [-0.2, -0.15) is 0 Å². The smallest absolute Gasteiger partial charge is 0.0780 e. The minimum atomic E-state index is 0. The number of nitrogens with zero attached hydrogens (tertiary/aromatic N) is 2. The Morgan fingerprint density at radius 1 is 0.567 bits per heavy atom. The summed E-state index contributed by atoms with van der Waals surface area (Å²) >= 11 is 0. The Labute approximate surface area is 194 Å². The Kier molecular flexibility index (Phi) is 10.4. The molecule has 2 nitrogen and oxygen atoms in total. The number of rotatable bonds is 13. The van der Waals surface area contributed by atoms with E-state index >= 15 is 0 Å². The molecular formula is C27H41BrN2. The normalized spacial score (nSPS) is 11.8. The molecule has 0 aliphatic rings. The summed E-state index contributed by atoms with van der Waals surface area (Å²) in [6, 6.07) is 17.7. The van der Waals surface area contributed by atoms with Crippen molar-refractivity contribution in [3.63, 3.8) is 0 Å². The van der Waals surface area contributed by atoms with E-state index in [1.165, 1.54) is 92.6 Å². The second-order valence-corrected chi connectivity index (χ2v) is 9.74. The van der Waals surface area contributed by atoms with Crippen LogP contribution in [-0.2, 0) is 6.54 Å². The highest BCUT2D eigenvalue weighted by molar-refractivity contribution is 6.07. The van der Waals surface area contributed by atoms with Gasteiger partial charge >= 0.3 is 0 Å². The first-order valence-electron chi connectivity index (χ1n) is 11.8. The highest BCUT2D eigenvalue weighted by atomic mass is 79.9. The molecule has 30 heavy (non-hydrogen) atoms. The number of hydrogen-bond acceptors (Lipinski definition) is 0. The number of halogens is 1. The molecule has 0 spiro atoms. The van der Waals surface area contributed by atoms with Crippen LogP contribution in [0.25, 0.3) is 21.8 Å². The van der Waals surface area contributed by atoms with Crippen LogP contribution in [0.1, 0.15) is 64.2 Å². The van der Waals surface area contributed by atoms with Crippen LogP contribution >= 0.6 is 0 Å². The fourth-order valence-corrected chi connectivity index (χ4v) is 4.51. The molecule has 0 N–H and O–H groups in total. The predicted molar refractivity (Wildman–Crippen MR) is 129 cm³/mol. The molecule has 3 aromatic rings. The van der Waals surface area contributed by atoms with Crippen LogP contribution in [0.5, 0.6) is 0 Å². The Morgan fingerprint density at radius 3 is 1.43 bits per heavy atom. The lowest BCUT2D eigenvalue weighted by atomic mass is 10.1. The second-order valence-electron chi connectivity index (χ2n) is 9.74. The van der Waals surface area contributed by atoms with Crippen molar-refractivity contribution in [2.24, 2.45) is 0 Å². The van der Waals surface area contributed by atoms with E-state index < -0.39 is 0 Å². The molecule has 3 heteroatoms. The zero-order chi connectivity index (χ0) is 20.5. The summed E-state index contributed by atoms with van der Waals surface area (Å²) in [4.78, 5) is 0. The lowest BCUT2D eigenvalue weighted by molar-refractivity contribution is -0.870. The molecule has 1 heterocycles. The monoisotopic (exact) mass is 472 g/mol. The summed E-state index contributed by atoms with van der Waals surface area (Å²) in [5.74, 6) is 0. The highest BCUT2D eigenvalue weighted by Crippen LogP contribution is 2.29. The molecule has 0 saturated carbocycles. The van der Waals surface area contributed by atoms with Crippen LogP contribution in [0.4, 0.5) is 0 Å².